The number of ether oxygens (including phenoxy) is 1. The van der Waals surface area contributed by atoms with E-state index in [0.29, 0.717) is 30.7 Å². The van der Waals surface area contributed by atoms with Gasteiger partial charge in [-0.2, -0.15) is 17.0 Å². The lowest BCUT2D eigenvalue weighted by Crippen LogP contribution is -2.42. The first-order valence-corrected chi connectivity index (χ1v) is 13.7. The van der Waals surface area contributed by atoms with E-state index < -0.39 is 16.0 Å². The number of rotatable bonds is 6. The molecule has 0 radical (unpaired) electrons. The second-order valence-corrected chi connectivity index (χ2v) is 11.9. The van der Waals surface area contributed by atoms with Crippen molar-refractivity contribution >= 4 is 43.3 Å². The van der Waals surface area contributed by atoms with Crippen LogP contribution in [0.5, 0.6) is 5.19 Å². The number of piperidine rings is 1. The average molecular weight is 519 g/mol. The molecule has 0 bridgehead atoms. The predicted octanol–water partition coefficient (Wildman–Crippen LogP) is 3.17. The minimum Gasteiger partial charge on any atom is -0.467 e. The van der Waals surface area contributed by atoms with Crippen LogP contribution in [0, 0.1) is 5.82 Å². The Morgan fingerprint density at radius 1 is 1.14 bits per heavy atom. The standard InChI is InChI=1S/C23H27FN6O3S2/c1-28(2)35(31,32)30-11-5-16(6-12-30)17-3-4-20-21(13-17)34-23(27-20)33-19-7-9-29(10-8-19)22-25-14-18(24)15-26-22/h3-5,13-15,19H,6-12H2,1-2H3. The molecule has 0 unspecified atom stereocenters. The summed E-state index contributed by atoms with van der Waals surface area (Å²) in [6, 6.07) is 6.14. The van der Waals surface area contributed by atoms with Crippen LogP contribution in [-0.4, -0.2) is 78.4 Å². The van der Waals surface area contributed by atoms with Gasteiger partial charge >= 0.3 is 0 Å². The molecule has 2 aliphatic heterocycles. The lowest BCUT2D eigenvalue weighted by Gasteiger charge is -2.31. The fraction of sp³-hybridized carbons (Fsp3) is 0.435. The van der Waals surface area contributed by atoms with Crippen LogP contribution >= 0.6 is 11.3 Å². The van der Waals surface area contributed by atoms with Crippen molar-refractivity contribution in [3.63, 3.8) is 0 Å². The van der Waals surface area contributed by atoms with Gasteiger partial charge in [0.05, 0.1) is 22.6 Å². The molecule has 0 atom stereocenters. The van der Waals surface area contributed by atoms with Crippen LogP contribution in [0.4, 0.5) is 10.3 Å². The minimum absolute atomic E-state index is 0.0532. The van der Waals surface area contributed by atoms with Crippen molar-refractivity contribution in [3.8, 4) is 5.19 Å². The number of fused-ring (bicyclic) bond motifs is 1. The Bertz CT molecular complexity index is 1340. The highest BCUT2D eigenvalue weighted by Crippen LogP contribution is 2.33. The maximum Gasteiger partial charge on any atom is 0.281 e. The zero-order valence-corrected chi connectivity index (χ0v) is 21.2. The Morgan fingerprint density at radius 3 is 2.54 bits per heavy atom. The van der Waals surface area contributed by atoms with Gasteiger partial charge in [-0.1, -0.05) is 23.5 Å². The molecule has 12 heteroatoms. The molecular weight excluding hydrogens is 491 g/mol. The molecule has 5 rings (SSSR count). The Balaban J connectivity index is 1.22. The normalized spacial score (nSPS) is 18.3. The second kappa shape index (κ2) is 9.76. The van der Waals surface area contributed by atoms with Crippen molar-refractivity contribution < 1.29 is 17.5 Å². The van der Waals surface area contributed by atoms with E-state index >= 15 is 0 Å². The summed E-state index contributed by atoms with van der Waals surface area (Å²) in [6.07, 6.45) is 6.69. The van der Waals surface area contributed by atoms with Crippen molar-refractivity contribution in [1.29, 1.82) is 0 Å². The van der Waals surface area contributed by atoms with E-state index in [4.69, 9.17) is 4.74 Å². The monoisotopic (exact) mass is 518 g/mol. The summed E-state index contributed by atoms with van der Waals surface area (Å²) in [7, 11) is -0.298. The van der Waals surface area contributed by atoms with E-state index in [2.05, 4.69) is 21.0 Å². The van der Waals surface area contributed by atoms with E-state index in [1.807, 2.05) is 23.1 Å². The van der Waals surface area contributed by atoms with Gasteiger partial charge < -0.3 is 9.64 Å². The molecule has 4 heterocycles. The maximum absolute atomic E-state index is 13.1. The number of benzene rings is 1. The maximum atomic E-state index is 13.1. The zero-order chi connectivity index (χ0) is 24.6. The van der Waals surface area contributed by atoms with Crippen molar-refractivity contribution in [3.05, 3.63) is 48.0 Å². The lowest BCUT2D eigenvalue weighted by molar-refractivity contribution is 0.170. The minimum atomic E-state index is -3.40. The van der Waals surface area contributed by atoms with E-state index in [0.717, 1.165) is 47.3 Å². The van der Waals surface area contributed by atoms with Gasteiger partial charge in [0.2, 0.25) is 5.95 Å². The quantitative estimate of drug-likeness (QED) is 0.495. The van der Waals surface area contributed by atoms with Crippen LogP contribution in [0.3, 0.4) is 0 Å². The summed E-state index contributed by atoms with van der Waals surface area (Å²) in [5, 5.41) is 0.648. The summed E-state index contributed by atoms with van der Waals surface area (Å²) in [5.74, 6) is 0.0989. The third-order valence-electron chi connectivity index (χ3n) is 6.30. The van der Waals surface area contributed by atoms with Gasteiger partial charge in [-0.15, -0.1) is 0 Å². The highest BCUT2D eigenvalue weighted by molar-refractivity contribution is 7.86. The number of aromatic nitrogens is 3. The largest absolute Gasteiger partial charge is 0.467 e. The molecule has 1 aromatic carbocycles. The van der Waals surface area contributed by atoms with Crippen molar-refractivity contribution in [1.82, 2.24) is 23.6 Å². The first-order valence-electron chi connectivity index (χ1n) is 11.5. The summed E-state index contributed by atoms with van der Waals surface area (Å²) < 4.78 is 47.7. The Kier molecular flexibility index (Phi) is 6.71. The highest BCUT2D eigenvalue weighted by atomic mass is 32.2. The van der Waals surface area contributed by atoms with Gasteiger partial charge in [0.1, 0.15) is 6.10 Å². The van der Waals surface area contributed by atoms with E-state index in [1.54, 1.807) is 14.1 Å². The number of nitrogens with zero attached hydrogens (tertiary/aromatic N) is 6. The molecule has 0 aliphatic carbocycles. The first-order chi connectivity index (χ1) is 16.8. The van der Waals surface area contributed by atoms with Crippen LogP contribution in [0.2, 0.25) is 0 Å². The molecule has 0 amide bonds. The van der Waals surface area contributed by atoms with Gasteiger partial charge in [0.15, 0.2) is 5.82 Å². The topological polar surface area (TPSA) is 91.8 Å². The smallest absolute Gasteiger partial charge is 0.281 e. The van der Waals surface area contributed by atoms with Crippen LogP contribution in [0.25, 0.3) is 15.8 Å². The van der Waals surface area contributed by atoms with Gasteiger partial charge in [-0.25, -0.2) is 19.3 Å². The third kappa shape index (κ3) is 5.15. The fourth-order valence-corrected chi connectivity index (χ4v) is 6.26. The Labute approximate surface area is 208 Å². The number of anilines is 1. The third-order valence-corrected chi connectivity index (χ3v) is 9.11. The highest BCUT2D eigenvalue weighted by Gasteiger charge is 2.27. The number of thiazole rings is 1. The average Bonchev–Trinajstić information content (AvgIpc) is 3.26. The van der Waals surface area contributed by atoms with Gasteiger partial charge in [0, 0.05) is 53.1 Å². The van der Waals surface area contributed by atoms with E-state index in [1.165, 1.54) is 32.3 Å². The molecule has 1 saturated heterocycles. The predicted molar refractivity (Wildman–Crippen MR) is 134 cm³/mol. The molecule has 9 nitrogen and oxygen atoms in total. The van der Waals surface area contributed by atoms with Crippen molar-refractivity contribution in [2.45, 2.75) is 25.4 Å². The molecular formula is C23H27FN6O3S2. The summed E-state index contributed by atoms with van der Waals surface area (Å²) in [5.41, 5.74) is 3.12. The van der Waals surface area contributed by atoms with Crippen molar-refractivity contribution in [2.24, 2.45) is 0 Å². The fourth-order valence-electron chi connectivity index (χ4n) is 4.29. The number of hydrogen-bond acceptors (Lipinski definition) is 8. The van der Waals surface area contributed by atoms with E-state index in [9.17, 15) is 12.8 Å². The van der Waals surface area contributed by atoms with Crippen LogP contribution < -0.4 is 9.64 Å². The molecule has 35 heavy (non-hydrogen) atoms. The summed E-state index contributed by atoms with van der Waals surface area (Å²) >= 11 is 1.52. The van der Waals surface area contributed by atoms with Crippen LogP contribution in [0.1, 0.15) is 24.8 Å². The molecule has 0 saturated carbocycles. The van der Waals surface area contributed by atoms with E-state index in [-0.39, 0.29) is 6.10 Å². The van der Waals surface area contributed by atoms with Crippen LogP contribution in [0.15, 0.2) is 36.7 Å². The van der Waals surface area contributed by atoms with Crippen molar-refractivity contribution in [2.75, 3.05) is 45.2 Å². The molecule has 3 aromatic rings. The van der Waals surface area contributed by atoms with Gasteiger partial charge in [-0.3, -0.25) is 0 Å². The molecule has 186 valence electrons. The summed E-state index contributed by atoms with van der Waals surface area (Å²) in [6.45, 7) is 2.30. The molecule has 2 aromatic heterocycles. The molecule has 0 spiro atoms. The Hall–Kier alpha value is -2.67. The molecule has 1 fully saturated rings. The number of hydrogen-bond donors (Lipinski definition) is 0. The zero-order valence-electron chi connectivity index (χ0n) is 19.6. The Morgan fingerprint density at radius 2 is 1.89 bits per heavy atom. The molecule has 0 N–H and O–H groups in total. The van der Waals surface area contributed by atoms with Gasteiger partial charge in [0.25, 0.3) is 15.4 Å². The lowest BCUT2D eigenvalue weighted by atomic mass is 10.0. The first kappa shape index (κ1) is 24.0. The number of halogens is 1. The van der Waals surface area contributed by atoms with Gasteiger partial charge in [-0.05, 0) is 29.7 Å². The second-order valence-electron chi connectivity index (χ2n) is 8.80. The van der Waals surface area contributed by atoms with Crippen LogP contribution in [-0.2, 0) is 10.2 Å². The summed E-state index contributed by atoms with van der Waals surface area (Å²) in [4.78, 5) is 14.8. The molecule has 2 aliphatic rings. The SMILES string of the molecule is CN(C)S(=O)(=O)N1CC=C(c2ccc3nc(OC4CCN(c5ncc(F)cn5)CC4)sc3c2)CC1.